The Bertz CT molecular complexity index is 1370. The zero-order valence-electron chi connectivity index (χ0n) is 19.9. The van der Waals surface area contributed by atoms with Gasteiger partial charge in [-0.05, 0) is 43.3 Å². The molecule has 0 fully saturated rings. The maximum atomic E-state index is 13.5. The van der Waals surface area contributed by atoms with Crippen molar-refractivity contribution in [2.75, 3.05) is 6.61 Å². The van der Waals surface area contributed by atoms with Crippen molar-refractivity contribution >= 4 is 19.2 Å². The molecule has 0 radical (unpaired) electrons. The van der Waals surface area contributed by atoms with Crippen LogP contribution >= 0.6 is 0 Å². The Balaban J connectivity index is 1.64. The summed E-state index contributed by atoms with van der Waals surface area (Å²) in [6, 6.07) is 10.4. The molecular formula is C26H30N2O5Si. The summed E-state index contributed by atoms with van der Waals surface area (Å²) in [5.74, 6) is 0.265. The maximum Gasteiger partial charge on any atom is 0.258 e. The first-order chi connectivity index (χ1) is 16.1. The lowest BCUT2D eigenvalue weighted by Gasteiger charge is -2.35. The maximum absolute atomic E-state index is 13.5. The molecule has 0 unspecified atom stereocenters. The zero-order valence-corrected chi connectivity index (χ0v) is 20.9. The quantitative estimate of drug-likeness (QED) is 0.324. The summed E-state index contributed by atoms with van der Waals surface area (Å²) in [6.07, 6.45) is 0.351. The van der Waals surface area contributed by atoms with Gasteiger partial charge in [0, 0.05) is 23.1 Å². The molecule has 8 heteroatoms. The fourth-order valence-electron chi connectivity index (χ4n) is 4.89. The average molecular weight is 479 g/mol. The van der Waals surface area contributed by atoms with Gasteiger partial charge in [0.1, 0.15) is 18.0 Å². The molecule has 7 nitrogen and oxygen atoms in total. The van der Waals surface area contributed by atoms with Crippen LogP contribution in [0.1, 0.15) is 35.6 Å². The van der Waals surface area contributed by atoms with E-state index in [1.165, 1.54) is 0 Å². The second kappa shape index (κ2) is 8.16. The van der Waals surface area contributed by atoms with Crippen molar-refractivity contribution < 1.29 is 19.4 Å². The highest BCUT2D eigenvalue weighted by Crippen LogP contribution is 2.42. The van der Waals surface area contributed by atoms with Crippen LogP contribution in [0.5, 0.6) is 0 Å². The smallest absolute Gasteiger partial charge is 0.258 e. The van der Waals surface area contributed by atoms with Crippen LogP contribution in [0, 0.1) is 0 Å². The van der Waals surface area contributed by atoms with Gasteiger partial charge in [0.15, 0.2) is 8.32 Å². The van der Waals surface area contributed by atoms with Crippen molar-refractivity contribution in [3.8, 4) is 11.4 Å². The third-order valence-electron chi connectivity index (χ3n) is 6.98. The van der Waals surface area contributed by atoms with E-state index >= 15 is 0 Å². The first-order valence-electron chi connectivity index (χ1n) is 11.7. The van der Waals surface area contributed by atoms with E-state index in [-0.39, 0.29) is 17.9 Å². The Morgan fingerprint density at radius 2 is 2.06 bits per heavy atom. The highest BCUT2D eigenvalue weighted by molar-refractivity contribution is 6.69. The fourth-order valence-corrected chi connectivity index (χ4v) is 5.53. The molecule has 0 bridgehead atoms. The number of hydrogen-bond donors (Lipinski definition) is 2. The molecular weight excluding hydrogens is 448 g/mol. The Morgan fingerprint density at radius 3 is 2.79 bits per heavy atom. The fraction of sp³-hybridized carbons (Fsp3) is 0.385. The van der Waals surface area contributed by atoms with Crippen LogP contribution in [0.3, 0.4) is 0 Å². The number of benzene rings is 1. The largest absolute Gasteiger partial charge is 0.490 e. The molecule has 2 N–H and O–H groups in total. The number of hydrogen-bond acceptors (Lipinski definition) is 6. The van der Waals surface area contributed by atoms with Crippen LogP contribution in [0.15, 0.2) is 47.5 Å². The van der Waals surface area contributed by atoms with Crippen molar-refractivity contribution in [2.45, 2.75) is 57.8 Å². The number of ether oxygens (including phenoxy) is 2. The first kappa shape index (κ1) is 23.0. The molecule has 0 spiro atoms. The van der Waals surface area contributed by atoms with E-state index < -0.39 is 13.9 Å². The molecule has 34 heavy (non-hydrogen) atoms. The van der Waals surface area contributed by atoms with E-state index in [9.17, 15) is 14.7 Å². The van der Waals surface area contributed by atoms with Crippen LogP contribution < -0.4 is 5.56 Å². The third-order valence-corrected chi connectivity index (χ3v) is 8.41. The number of nitrogens with zero attached hydrogens (tertiary/aromatic N) is 2. The summed E-state index contributed by atoms with van der Waals surface area (Å²) < 4.78 is 13.3. The Hall–Kier alpha value is -2.78. The predicted octanol–water partition coefficient (Wildman–Crippen LogP) is 3.78. The van der Waals surface area contributed by atoms with Crippen LogP contribution in [-0.4, -0.2) is 34.4 Å². The van der Waals surface area contributed by atoms with Gasteiger partial charge in [0.2, 0.25) is 0 Å². The van der Waals surface area contributed by atoms with Gasteiger partial charge in [-0.15, -0.1) is 0 Å². The SMILES string of the molecule is C=C1OCc2c(cc3n(c2=O)Cc2c-3nc3ccccc3c2COCC[Si](C)(C)O)[C@@]1(O)CC. The van der Waals surface area contributed by atoms with Crippen molar-refractivity contribution in [2.24, 2.45) is 0 Å². The number of rotatable bonds is 6. The summed E-state index contributed by atoms with van der Waals surface area (Å²) >= 11 is 0. The molecule has 0 saturated heterocycles. The summed E-state index contributed by atoms with van der Waals surface area (Å²) in [7, 11) is -2.19. The van der Waals surface area contributed by atoms with E-state index in [2.05, 4.69) is 6.58 Å². The molecule has 2 aromatic heterocycles. The van der Waals surface area contributed by atoms with Crippen molar-refractivity contribution in [3.05, 3.63) is 75.3 Å². The lowest BCUT2D eigenvalue weighted by atomic mass is 9.84. The lowest BCUT2D eigenvalue weighted by molar-refractivity contribution is -0.0172. The number of aliphatic hydroxyl groups is 1. The van der Waals surface area contributed by atoms with Gasteiger partial charge in [-0.3, -0.25) is 4.79 Å². The molecule has 178 valence electrons. The van der Waals surface area contributed by atoms with Gasteiger partial charge in [0.25, 0.3) is 5.56 Å². The highest BCUT2D eigenvalue weighted by atomic mass is 28.4. The van der Waals surface area contributed by atoms with Crippen LogP contribution in [0.25, 0.3) is 22.3 Å². The second-order valence-corrected chi connectivity index (χ2v) is 13.9. The standard InChI is InChI=1S/C26H30N2O5Si/c1-5-26(30)16(2)33-15-20-21(26)12-23-24-18(13-28(23)25(20)29)19(14-32-10-11-34(3,4)31)17-8-6-7-9-22(17)27-24/h6-9,12,30-31H,2,5,10-11,13-15H2,1,3-4H3/t26-/m1/s1. The third kappa shape index (κ3) is 3.62. The van der Waals surface area contributed by atoms with E-state index in [1.807, 2.05) is 50.3 Å². The molecule has 5 rings (SSSR count). The lowest BCUT2D eigenvalue weighted by Crippen LogP contribution is -2.38. The van der Waals surface area contributed by atoms with Gasteiger partial charge in [-0.2, -0.15) is 0 Å². The monoisotopic (exact) mass is 478 g/mol. The van der Waals surface area contributed by atoms with Crippen molar-refractivity contribution in [1.29, 1.82) is 0 Å². The van der Waals surface area contributed by atoms with Crippen molar-refractivity contribution in [1.82, 2.24) is 9.55 Å². The van der Waals surface area contributed by atoms with Crippen LogP contribution in [-0.2, 0) is 34.8 Å². The van der Waals surface area contributed by atoms with Gasteiger partial charge >= 0.3 is 0 Å². The summed E-state index contributed by atoms with van der Waals surface area (Å²) in [5, 5.41) is 12.3. The van der Waals surface area contributed by atoms with Gasteiger partial charge in [-0.25, -0.2) is 4.98 Å². The summed E-state index contributed by atoms with van der Waals surface area (Å²) in [4.78, 5) is 28.6. The molecule has 3 aromatic rings. The Kier molecular flexibility index (Phi) is 5.52. The highest BCUT2D eigenvalue weighted by Gasteiger charge is 2.41. The van der Waals surface area contributed by atoms with Crippen LogP contribution in [0.2, 0.25) is 19.1 Å². The van der Waals surface area contributed by atoms with Gasteiger partial charge in [0.05, 0.1) is 35.6 Å². The normalized spacial score (nSPS) is 19.0. The minimum Gasteiger partial charge on any atom is -0.490 e. The number of aromatic nitrogens is 2. The Labute approximate surface area is 199 Å². The molecule has 1 aromatic carbocycles. The van der Waals surface area contributed by atoms with E-state index in [0.717, 1.165) is 27.7 Å². The molecule has 0 saturated carbocycles. The number of fused-ring (bicyclic) bond motifs is 5. The number of pyridine rings is 2. The van der Waals surface area contributed by atoms with E-state index in [1.54, 1.807) is 4.57 Å². The molecule has 1 atom stereocenters. The van der Waals surface area contributed by atoms with Gasteiger partial charge < -0.3 is 23.9 Å². The summed E-state index contributed by atoms with van der Waals surface area (Å²) in [6.45, 7) is 10.9. The molecule has 4 heterocycles. The molecule has 2 aliphatic heterocycles. The first-order valence-corrected chi connectivity index (χ1v) is 14.8. The molecule has 2 aliphatic rings. The molecule has 0 aliphatic carbocycles. The summed E-state index contributed by atoms with van der Waals surface area (Å²) in [5.41, 5.74) is 3.66. The Morgan fingerprint density at radius 1 is 1.29 bits per heavy atom. The van der Waals surface area contributed by atoms with E-state index in [0.29, 0.717) is 49.0 Å². The van der Waals surface area contributed by atoms with Crippen molar-refractivity contribution in [3.63, 3.8) is 0 Å². The average Bonchev–Trinajstić information content (AvgIpc) is 3.17. The minimum absolute atomic E-state index is 0.0954. The van der Waals surface area contributed by atoms with Crippen LogP contribution in [0.4, 0.5) is 0 Å². The predicted molar refractivity (Wildman–Crippen MR) is 133 cm³/mol. The second-order valence-electron chi connectivity index (χ2n) is 9.79. The zero-order chi connectivity index (χ0) is 24.3. The minimum atomic E-state index is -2.19. The topological polar surface area (TPSA) is 93.8 Å². The van der Waals surface area contributed by atoms with Gasteiger partial charge in [-0.1, -0.05) is 31.7 Å². The van der Waals surface area contributed by atoms with E-state index in [4.69, 9.17) is 14.5 Å². The number of para-hydroxylation sites is 1. The molecule has 0 amide bonds.